The molecule has 1 aromatic heterocycles. The molecule has 0 aliphatic heterocycles. The molecular weight excluding hydrogens is 525 g/mol. The molecule has 1 atom stereocenters. The van der Waals surface area contributed by atoms with Crippen molar-refractivity contribution in [2.24, 2.45) is 5.41 Å². The second-order valence-electron chi connectivity index (χ2n) is 8.90. The number of aromatic nitrogens is 2. The van der Waals surface area contributed by atoms with Crippen molar-refractivity contribution in [2.75, 3.05) is 0 Å². The van der Waals surface area contributed by atoms with Crippen LogP contribution in [0.4, 0.5) is 13.2 Å². The number of imidazole rings is 1. The Morgan fingerprint density at radius 3 is 2.30 bits per heavy atom. The number of hydrogen-bond donors (Lipinski definition) is 3. The molecule has 3 N–H and O–H groups in total. The molecule has 7 nitrogen and oxygen atoms in total. The number of hydrogen-bond acceptors (Lipinski definition) is 4. The van der Waals surface area contributed by atoms with E-state index in [0.717, 1.165) is 22.8 Å². The maximum absolute atomic E-state index is 10.8. The number of benzene rings is 3. The maximum atomic E-state index is 10.8. The van der Waals surface area contributed by atoms with Crippen LogP contribution < -0.4 is 4.74 Å². The number of H-pyrrole nitrogens is 1. The first-order valence-electron chi connectivity index (χ1n) is 12.1. The fourth-order valence-corrected chi connectivity index (χ4v) is 3.79. The van der Waals surface area contributed by atoms with E-state index in [0.29, 0.717) is 6.61 Å². The van der Waals surface area contributed by atoms with Gasteiger partial charge in [0.25, 0.3) is 0 Å². The quantitative estimate of drug-likeness (QED) is 0.237. The summed E-state index contributed by atoms with van der Waals surface area (Å²) < 4.78 is 34.9. The lowest BCUT2D eigenvalue weighted by molar-refractivity contribution is -0.145. The van der Waals surface area contributed by atoms with Crippen LogP contribution in [0.3, 0.4) is 0 Å². The van der Waals surface area contributed by atoms with E-state index < -0.39 is 24.0 Å². The van der Waals surface area contributed by atoms with Crippen molar-refractivity contribution in [3.63, 3.8) is 0 Å². The molecule has 208 valence electrons. The average Bonchev–Trinajstić information content (AvgIpc) is 3.41. The van der Waals surface area contributed by atoms with Gasteiger partial charge in [-0.2, -0.15) is 13.2 Å². The van der Waals surface area contributed by atoms with Crippen molar-refractivity contribution in [1.82, 2.24) is 9.97 Å². The normalized spacial score (nSPS) is 15.8. The molecular formula is C30H27F3N2O5. The van der Waals surface area contributed by atoms with Crippen LogP contribution >= 0.6 is 0 Å². The van der Waals surface area contributed by atoms with Crippen molar-refractivity contribution >= 4 is 22.7 Å². The van der Waals surface area contributed by atoms with Crippen LogP contribution in [0.5, 0.6) is 5.75 Å². The number of carbonyl (C=O) groups is 2. The highest BCUT2D eigenvalue weighted by Gasteiger charge is 2.34. The summed E-state index contributed by atoms with van der Waals surface area (Å²) in [6.07, 6.45) is 6.35. The van der Waals surface area contributed by atoms with Gasteiger partial charge in [-0.25, -0.2) is 9.78 Å². The molecule has 1 aliphatic rings. The third-order valence-electron chi connectivity index (χ3n) is 5.88. The highest BCUT2D eigenvalue weighted by Crippen LogP contribution is 2.31. The Balaban J connectivity index is 0.000000220. The summed E-state index contributed by atoms with van der Waals surface area (Å²) in [6, 6.07) is 24.5. The minimum absolute atomic E-state index is 0.0359. The maximum Gasteiger partial charge on any atom is 0.379 e. The van der Waals surface area contributed by atoms with Crippen LogP contribution in [0.15, 0.2) is 103 Å². The zero-order valence-corrected chi connectivity index (χ0v) is 21.4. The number of carboxylic acids is 2. The van der Waals surface area contributed by atoms with Crippen molar-refractivity contribution < 1.29 is 37.7 Å². The molecule has 0 bridgehead atoms. The minimum Gasteiger partial charge on any atom is -0.486 e. The van der Waals surface area contributed by atoms with Crippen LogP contribution in [0, 0.1) is 5.41 Å². The highest BCUT2D eigenvalue weighted by molar-refractivity contribution is 5.90. The summed E-state index contributed by atoms with van der Waals surface area (Å²) in [5.74, 6) is -0.397. The summed E-state index contributed by atoms with van der Waals surface area (Å²) in [6.45, 7) is -1.74. The topological polar surface area (TPSA) is 113 Å². The van der Waals surface area contributed by atoms with Gasteiger partial charge in [-0.1, -0.05) is 78.9 Å². The SMILES string of the molecule is CC1(C(=O)O)C=CC=C(C(=O)O)C1.FC(F)F.c1ccc(-c2c[nH]c(COc3ccc4ccccc4c3)n2)cc1. The van der Waals surface area contributed by atoms with Gasteiger partial charge < -0.3 is 19.9 Å². The van der Waals surface area contributed by atoms with E-state index in [1.165, 1.54) is 35.9 Å². The van der Waals surface area contributed by atoms with E-state index in [1.807, 2.05) is 54.7 Å². The molecule has 10 heteroatoms. The number of ether oxygens (including phenoxy) is 1. The number of rotatable bonds is 6. The Morgan fingerprint density at radius 1 is 1.00 bits per heavy atom. The number of halogens is 3. The van der Waals surface area contributed by atoms with Crippen LogP contribution in [0.1, 0.15) is 19.2 Å². The number of carboxylic acid groups (broad SMARTS) is 2. The number of nitrogens with one attached hydrogen (secondary N) is 1. The van der Waals surface area contributed by atoms with Gasteiger partial charge in [-0.3, -0.25) is 4.79 Å². The number of alkyl halides is 3. The molecule has 5 rings (SSSR count). The van der Waals surface area contributed by atoms with Gasteiger partial charge in [-0.05, 0) is 36.2 Å². The third-order valence-corrected chi connectivity index (χ3v) is 5.88. The summed E-state index contributed by atoms with van der Waals surface area (Å²) in [4.78, 5) is 29.1. The summed E-state index contributed by atoms with van der Waals surface area (Å²) >= 11 is 0. The second kappa shape index (κ2) is 13.8. The largest absolute Gasteiger partial charge is 0.486 e. The van der Waals surface area contributed by atoms with Gasteiger partial charge in [-0.15, -0.1) is 0 Å². The molecule has 0 saturated heterocycles. The first kappa shape index (κ1) is 29.7. The fourth-order valence-electron chi connectivity index (χ4n) is 3.79. The number of aliphatic carboxylic acids is 2. The van der Waals surface area contributed by atoms with Gasteiger partial charge >= 0.3 is 18.6 Å². The molecule has 0 fully saturated rings. The van der Waals surface area contributed by atoms with Crippen LogP contribution in [-0.4, -0.2) is 38.8 Å². The molecule has 1 aliphatic carbocycles. The van der Waals surface area contributed by atoms with Crippen LogP contribution in [0.25, 0.3) is 22.0 Å². The van der Waals surface area contributed by atoms with Gasteiger partial charge in [0.2, 0.25) is 0 Å². The van der Waals surface area contributed by atoms with E-state index in [1.54, 1.807) is 0 Å². The second-order valence-corrected chi connectivity index (χ2v) is 8.90. The number of fused-ring (bicyclic) bond motifs is 1. The zero-order valence-electron chi connectivity index (χ0n) is 21.4. The van der Waals surface area contributed by atoms with E-state index in [2.05, 4.69) is 34.2 Å². The lowest BCUT2D eigenvalue weighted by Gasteiger charge is -2.23. The molecule has 40 heavy (non-hydrogen) atoms. The summed E-state index contributed by atoms with van der Waals surface area (Å²) in [7, 11) is 0. The standard InChI is InChI=1S/C20H16N2O.C9H10O4.CHF3/c1-2-7-16(8-3-1)19-13-21-20(22-19)14-23-18-11-10-15-6-4-5-9-17(15)12-18;1-9(8(12)13)4-2-3-6(5-9)7(10)11;2-1(3)4/h1-13H,14H2,(H,21,22);2-4H,5H2,1H3,(H,10,11)(H,12,13);1H. The van der Waals surface area contributed by atoms with Gasteiger partial charge in [0.1, 0.15) is 18.2 Å². The first-order valence-corrected chi connectivity index (χ1v) is 12.1. The molecule has 0 spiro atoms. The van der Waals surface area contributed by atoms with Crippen molar-refractivity contribution in [3.05, 3.63) is 109 Å². The number of allylic oxidation sites excluding steroid dienone is 2. The Kier molecular flexibility index (Phi) is 10.2. The van der Waals surface area contributed by atoms with Crippen molar-refractivity contribution in [3.8, 4) is 17.0 Å². The Hall–Kier alpha value is -4.86. The highest BCUT2D eigenvalue weighted by atomic mass is 19.4. The summed E-state index contributed by atoms with van der Waals surface area (Å²) in [5, 5.41) is 19.9. The molecule has 4 aromatic rings. The van der Waals surface area contributed by atoms with Crippen LogP contribution in [0.2, 0.25) is 0 Å². The lowest BCUT2D eigenvalue weighted by atomic mass is 9.80. The van der Waals surface area contributed by atoms with Gasteiger partial charge in [0.15, 0.2) is 0 Å². The van der Waals surface area contributed by atoms with Crippen LogP contribution in [-0.2, 0) is 16.2 Å². The van der Waals surface area contributed by atoms with Gasteiger partial charge in [0.05, 0.1) is 11.1 Å². The van der Waals surface area contributed by atoms with E-state index in [4.69, 9.17) is 14.9 Å². The molecule has 0 amide bonds. The molecule has 3 aromatic carbocycles. The molecule has 0 saturated carbocycles. The Morgan fingerprint density at radius 2 is 1.65 bits per heavy atom. The van der Waals surface area contributed by atoms with E-state index in [-0.39, 0.29) is 12.0 Å². The Labute approximate surface area is 228 Å². The third kappa shape index (κ3) is 8.59. The molecule has 1 heterocycles. The zero-order chi connectivity index (χ0) is 29.1. The van der Waals surface area contributed by atoms with E-state index in [9.17, 15) is 22.8 Å². The van der Waals surface area contributed by atoms with Gasteiger partial charge in [0, 0.05) is 17.3 Å². The van der Waals surface area contributed by atoms with Crippen molar-refractivity contribution in [1.29, 1.82) is 0 Å². The molecule has 0 radical (unpaired) electrons. The number of nitrogens with zero attached hydrogens (tertiary/aromatic N) is 1. The monoisotopic (exact) mass is 552 g/mol. The average molecular weight is 553 g/mol. The first-order chi connectivity index (χ1) is 19.1. The smallest absolute Gasteiger partial charge is 0.379 e. The molecule has 1 unspecified atom stereocenters. The minimum atomic E-state index is -3.67. The Bertz CT molecular complexity index is 1500. The van der Waals surface area contributed by atoms with Crippen molar-refractivity contribution in [2.45, 2.75) is 26.6 Å². The summed E-state index contributed by atoms with van der Waals surface area (Å²) in [5.41, 5.74) is 1.08. The predicted octanol–water partition coefficient (Wildman–Crippen LogP) is 7.04. The number of aromatic amines is 1. The van der Waals surface area contributed by atoms with E-state index >= 15 is 0 Å². The lowest BCUT2D eigenvalue weighted by Crippen LogP contribution is -2.28. The predicted molar refractivity (Wildman–Crippen MR) is 145 cm³/mol. The fraction of sp³-hybridized carbons (Fsp3) is 0.167.